The Kier molecular flexibility index (Phi) is 8.16. The molecule has 0 amide bonds. The fourth-order valence-electron chi connectivity index (χ4n) is 7.86. The van der Waals surface area contributed by atoms with Gasteiger partial charge in [0.25, 0.3) is 0 Å². The summed E-state index contributed by atoms with van der Waals surface area (Å²) < 4.78 is 2.14. The van der Waals surface area contributed by atoms with Gasteiger partial charge in [-0.1, -0.05) is 188 Å². The number of pyridine rings is 1. The molecule has 8 aromatic carbocycles. The third-order valence-corrected chi connectivity index (χ3v) is 10.4. The van der Waals surface area contributed by atoms with E-state index in [0.29, 0.717) is 0 Å². The summed E-state index contributed by atoms with van der Waals surface area (Å²) in [4.78, 5) is 5.12. The van der Waals surface area contributed by atoms with E-state index in [1.807, 2.05) is 12.1 Å². The van der Waals surface area contributed by atoms with Gasteiger partial charge in [0.2, 0.25) is 0 Å². The molecule has 0 aliphatic rings. The van der Waals surface area contributed by atoms with Crippen LogP contribution in [0.5, 0.6) is 0 Å². The number of nitrogens with zero attached hydrogens (tertiary/aromatic N) is 3. The molecule has 55 heavy (non-hydrogen) atoms. The van der Waals surface area contributed by atoms with E-state index in [0.717, 1.165) is 78.0 Å². The number of aromatic nitrogens is 3. The lowest BCUT2D eigenvalue weighted by Gasteiger charge is -2.18. The summed E-state index contributed by atoms with van der Waals surface area (Å²) in [5.74, 6) is 0. The lowest BCUT2D eigenvalue weighted by Crippen LogP contribution is -1.97. The molecule has 0 atom stereocenters. The highest BCUT2D eigenvalue weighted by Crippen LogP contribution is 2.48. The molecule has 0 unspecified atom stereocenters. The standard InChI is InChI=1S/C52H35N3/c1-6-18-37(19-7-1)46-34-42(35-47(53-46)38-20-8-2-9-21-38)36-30-32-40(33-31-36)48-44-28-16-17-29-45(44)52-50(49(48)39-22-10-3-11-23-39)51(41-24-12-4-13-25-41)54-55(52)43-26-14-5-15-27-43/h1-35H. The minimum Gasteiger partial charge on any atom is -0.248 e. The fraction of sp³-hybridized carbons (Fsp3) is 0. The Balaban J connectivity index is 1.23. The summed E-state index contributed by atoms with van der Waals surface area (Å²) in [6, 6.07) is 75.0. The zero-order valence-corrected chi connectivity index (χ0v) is 30.0. The maximum absolute atomic E-state index is 5.43. The molecule has 0 radical (unpaired) electrons. The van der Waals surface area contributed by atoms with Gasteiger partial charge in [-0.2, -0.15) is 5.10 Å². The molecular weight excluding hydrogens is 667 g/mol. The van der Waals surface area contributed by atoms with Gasteiger partial charge in [-0.05, 0) is 57.5 Å². The predicted molar refractivity (Wildman–Crippen MR) is 229 cm³/mol. The van der Waals surface area contributed by atoms with E-state index in [9.17, 15) is 0 Å². The Morgan fingerprint density at radius 3 is 1.33 bits per heavy atom. The van der Waals surface area contributed by atoms with Gasteiger partial charge in [0, 0.05) is 33.0 Å². The normalized spacial score (nSPS) is 11.3. The molecule has 0 saturated heterocycles. The lowest BCUT2D eigenvalue weighted by molar-refractivity contribution is 0.918. The van der Waals surface area contributed by atoms with Crippen LogP contribution in [0.25, 0.3) is 94.5 Å². The third kappa shape index (κ3) is 5.89. The van der Waals surface area contributed by atoms with Gasteiger partial charge >= 0.3 is 0 Å². The number of hydrogen-bond donors (Lipinski definition) is 0. The molecule has 3 nitrogen and oxygen atoms in total. The van der Waals surface area contributed by atoms with Crippen LogP contribution in [0, 0.1) is 0 Å². The van der Waals surface area contributed by atoms with E-state index in [1.54, 1.807) is 0 Å². The number of rotatable bonds is 7. The van der Waals surface area contributed by atoms with E-state index in [-0.39, 0.29) is 0 Å². The number of benzene rings is 8. The Labute approximate surface area is 320 Å². The Hall–Kier alpha value is -7.36. The quantitative estimate of drug-likeness (QED) is 0.166. The molecule has 0 spiro atoms. The van der Waals surface area contributed by atoms with E-state index in [1.165, 1.54) is 16.5 Å². The average molecular weight is 702 g/mol. The minimum absolute atomic E-state index is 0.952. The molecule has 2 aromatic heterocycles. The number of fused-ring (bicyclic) bond motifs is 3. The number of hydrogen-bond acceptors (Lipinski definition) is 2. The van der Waals surface area contributed by atoms with Crippen molar-refractivity contribution in [1.82, 2.24) is 14.8 Å². The van der Waals surface area contributed by atoms with Crippen molar-refractivity contribution in [3.8, 4) is 72.8 Å². The molecule has 0 aliphatic carbocycles. The summed E-state index contributed by atoms with van der Waals surface area (Å²) in [5.41, 5.74) is 15.2. The predicted octanol–water partition coefficient (Wildman–Crippen LogP) is 13.6. The van der Waals surface area contributed by atoms with Crippen LogP contribution in [0.1, 0.15) is 0 Å². The van der Waals surface area contributed by atoms with E-state index >= 15 is 0 Å². The first-order valence-corrected chi connectivity index (χ1v) is 18.7. The van der Waals surface area contributed by atoms with Crippen LogP contribution in [0.15, 0.2) is 212 Å². The zero-order chi connectivity index (χ0) is 36.6. The van der Waals surface area contributed by atoms with Crippen molar-refractivity contribution in [2.24, 2.45) is 0 Å². The van der Waals surface area contributed by atoms with Crippen LogP contribution in [0.3, 0.4) is 0 Å². The van der Waals surface area contributed by atoms with Gasteiger partial charge in [0.05, 0.1) is 22.6 Å². The van der Waals surface area contributed by atoms with Crippen LogP contribution in [0.4, 0.5) is 0 Å². The summed E-state index contributed by atoms with van der Waals surface area (Å²) in [7, 11) is 0. The average Bonchev–Trinajstić information content (AvgIpc) is 3.68. The second-order valence-electron chi connectivity index (χ2n) is 13.8. The third-order valence-electron chi connectivity index (χ3n) is 10.4. The summed E-state index contributed by atoms with van der Waals surface area (Å²) >= 11 is 0. The molecule has 258 valence electrons. The van der Waals surface area contributed by atoms with Crippen molar-refractivity contribution in [3.63, 3.8) is 0 Å². The highest BCUT2D eigenvalue weighted by molar-refractivity contribution is 6.24. The van der Waals surface area contributed by atoms with Crippen molar-refractivity contribution in [1.29, 1.82) is 0 Å². The zero-order valence-electron chi connectivity index (χ0n) is 30.0. The second-order valence-corrected chi connectivity index (χ2v) is 13.8. The van der Waals surface area contributed by atoms with Crippen LogP contribution < -0.4 is 0 Å². The topological polar surface area (TPSA) is 30.7 Å². The van der Waals surface area contributed by atoms with Crippen LogP contribution in [-0.2, 0) is 0 Å². The van der Waals surface area contributed by atoms with E-state index in [2.05, 4.69) is 205 Å². The molecule has 0 N–H and O–H groups in total. The molecule has 0 fully saturated rings. The first-order chi connectivity index (χ1) is 27.3. The van der Waals surface area contributed by atoms with E-state index in [4.69, 9.17) is 10.1 Å². The molecule has 10 aromatic rings. The number of para-hydroxylation sites is 1. The van der Waals surface area contributed by atoms with Gasteiger partial charge < -0.3 is 0 Å². The molecule has 0 bridgehead atoms. The minimum atomic E-state index is 0.952. The van der Waals surface area contributed by atoms with Crippen LogP contribution in [0.2, 0.25) is 0 Å². The Morgan fingerprint density at radius 2 is 0.764 bits per heavy atom. The monoisotopic (exact) mass is 701 g/mol. The molecule has 0 saturated carbocycles. The fourth-order valence-corrected chi connectivity index (χ4v) is 7.86. The lowest BCUT2D eigenvalue weighted by atomic mass is 9.85. The van der Waals surface area contributed by atoms with Crippen LogP contribution in [-0.4, -0.2) is 14.8 Å². The summed E-state index contributed by atoms with van der Waals surface area (Å²) in [6.07, 6.45) is 0. The van der Waals surface area contributed by atoms with E-state index < -0.39 is 0 Å². The highest BCUT2D eigenvalue weighted by Gasteiger charge is 2.25. The van der Waals surface area contributed by atoms with Crippen molar-refractivity contribution >= 4 is 21.7 Å². The Bertz CT molecular complexity index is 2860. The smallest absolute Gasteiger partial charge is 0.101 e. The second kappa shape index (κ2) is 13.9. The summed E-state index contributed by atoms with van der Waals surface area (Å²) in [6.45, 7) is 0. The van der Waals surface area contributed by atoms with Crippen LogP contribution >= 0.6 is 0 Å². The van der Waals surface area contributed by atoms with Gasteiger partial charge in [-0.25, -0.2) is 9.67 Å². The highest BCUT2D eigenvalue weighted by atomic mass is 15.3. The Morgan fingerprint density at radius 1 is 0.327 bits per heavy atom. The van der Waals surface area contributed by atoms with Crippen molar-refractivity contribution in [2.45, 2.75) is 0 Å². The molecule has 10 rings (SSSR count). The maximum Gasteiger partial charge on any atom is 0.101 e. The first-order valence-electron chi connectivity index (χ1n) is 18.7. The molecule has 0 aliphatic heterocycles. The maximum atomic E-state index is 5.43. The SMILES string of the molecule is c1ccc(-c2cc(-c3ccc(-c4c(-c5ccccc5)c5c(-c6ccccc6)nn(-c6ccccc6)c5c5ccccc45)cc3)cc(-c3ccccc3)n2)cc1. The molecular formula is C52H35N3. The van der Waals surface area contributed by atoms with Gasteiger partial charge in [0.1, 0.15) is 5.69 Å². The van der Waals surface area contributed by atoms with Crippen molar-refractivity contribution < 1.29 is 0 Å². The largest absolute Gasteiger partial charge is 0.248 e. The first kappa shape index (κ1) is 32.3. The molecule has 2 heterocycles. The van der Waals surface area contributed by atoms with Crippen molar-refractivity contribution in [3.05, 3.63) is 212 Å². The van der Waals surface area contributed by atoms with Gasteiger partial charge in [-0.15, -0.1) is 0 Å². The molecule has 3 heteroatoms. The van der Waals surface area contributed by atoms with Crippen molar-refractivity contribution in [2.75, 3.05) is 0 Å². The van der Waals surface area contributed by atoms with Gasteiger partial charge in [-0.3, -0.25) is 0 Å². The van der Waals surface area contributed by atoms with Gasteiger partial charge in [0.15, 0.2) is 0 Å². The summed E-state index contributed by atoms with van der Waals surface area (Å²) in [5, 5.41) is 8.90.